The molecule has 0 radical (unpaired) electrons. The van der Waals surface area contributed by atoms with E-state index in [0.29, 0.717) is 6.54 Å². The van der Waals surface area contributed by atoms with Crippen LogP contribution in [0.4, 0.5) is 4.79 Å². The third-order valence-corrected chi connectivity index (χ3v) is 4.61. The molecule has 3 amide bonds. The highest BCUT2D eigenvalue weighted by molar-refractivity contribution is 6.01. The van der Waals surface area contributed by atoms with Crippen molar-refractivity contribution in [1.82, 2.24) is 20.0 Å². The fourth-order valence-electron chi connectivity index (χ4n) is 3.18. The van der Waals surface area contributed by atoms with Crippen molar-refractivity contribution in [2.45, 2.75) is 12.8 Å². The molecule has 0 unspecified atom stereocenters. The number of amides is 3. The number of ether oxygens (including phenoxy) is 1. The van der Waals surface area contributed by atoms with Crippen molar-refractivity contribution in [2.24, 2.45) is 0 Å². The van der Waals surface area contributed by atoms with Crippen molar-refractivity contribution in [3.05, 3.63) is 36.8 Å². The first-order chi connectivity index (χ1) is 12.1. The summed E-state index contributed by atoms with van der Waals surface area (Å²) in [6.45, 7) is 13.0. The average molecular weight is 348 g/mol. The first-order valence-corrected chi connectivity index (χ1v) is 8.69. The molecule has 2 saturated heterocycles. The molecule has 2 aliphatic heterocycles. The predicted octanol–water partition coefficient (Wildman–Crippen LogP) is 1.17. The van der Waals surface area contributed by atoms with E-state index in [-0.39, 0.29) is 18.5 Å². The molecule has 2 rings (SSSR count). The molecule has 2 fully saturated rings. The monoisotopic (exact) mass is 348 g/mol. The molecule has 0 aromatic heterocycles. The number of hydrogen-bond acceptors (Lipinski definition) is 5. The zero-order valence-electron chi connectivity index (χ0n) is 15.0. The number of urea groups is 1. The standard InChI is InChI=1S/C18H28N4O3/c1-4-15(16(5-2)25-3)21-12-10-20(11-13-21)8-6-7-9-22-17(23)14-19-18(22)24/h4-5H,1-2,6-14H2,3H3,(H,19,24)/b16-15-. The van der Waals surface area contributed by atoms with Crippen molar-refractivity contribution in [3.63, 3.8) is 0 Å². The van der Waals surface area contributed by atoms with Gasteiger partial charge in [0.2, 0.25) is 5.91 Å². The second-order valence-corrected chi connectivity index (χ2v) is 6.10. The number of piperazine rings is 1. The summed E-state index contributed by atoms with van der Waals surface area (Å²) >= 11 is 0. The summed E-state index contributed by atoms with van der Waals surface area (Å²) in [6, 6.07) is -0.265. The molecule has 7 nitrogen and oxygen atoms in total. The fraction of sp³-hybridized carbons (Fsp3) is 0.556. The average Bonchev–Trinajstić information content (AvgIpc) is 2.95. The number of unbranched alkanes of at least 4 members (excludes halogenated alkanes) is 1. The van der Waals surface area contributed by atoms with Crippen molar-refractivity contribution in [2.75, 3.05) is 52.9 Å². The van der Waals surface area contributed by atoms with Gasteiger partial charge in [-0.2, -0.15) is 0 Å². The molecule has 2 heterocycles. The number of carbonyl (C=O) groups is 2. The highest BCUT2D eigenvalue weighted by Gasteiger charge is 2.27. The van der Waals surface area contributed by atoms with E-state index in [0.717, 1.165) is 57.0 Å². The number of nitrogens with zero attached hydrogens (tertiary/aromatic N) is 3. The first-order valence-electron chi connectivity index (χ1n) is 8.69. The highest BCUT2D eigenvalue weighted by atomic mass is 16.5. The first kappa shape index (κ1) is 19.1. The predicted molar refractivity (Wildman–Crippen MR) is 96.8 cm³/mol. The lowest BCUT2D eigenvalue weighted by molar-refractivity contribution is -0.125. The molecular formula is C18H28N4O3. The van der Waals surface area contributed by atoms with E-state index in [1.54, 1.807) is 13.2 Å². The Morgan fingerprint density at radius 3 is 2.32 bits per heavy atom. The highest BCUT2D eigenvalue weighted by Crippen LogP contribution is 2.16. The van der Waals surface area contributed by atoms with Gasteiger partial charge in [-0.05, 0) is 31.5 Å². The Morgan fingerprint density at radius 2 is 1.80 bits per heavy atom. The fourth-order valence-corrected chi connectivity index (χ4v) is 3.18. The van der Waals surface area contributed by atoms with Gasteiger partial charge in [0.1, 0.15) is 5.76 Å². The van der Waals surface area contributed by atoms with Crippen LogP contribution in [0.2, 0.25) is 0 Å². The minimum Gasteiger partial charge on any atom is -0.495 e. The Morgan fingerprint density at radius 1 is 1.12 bits per heavy atom. The van der Waals surface area contributed by atoms with Crippen LogP contribution in [0.3, 0.4) is 0 Å². The lowest BCUT2D eigenvalue weighted by Gasteiger charge is -2.37. The Balaban J connectivity index is 1.71. The molecule has 7 heteroatoms. The van der Waals surface area contributed by atoms with Crippen molar-refractivity contribution < 1.29 is 14.3 Å². The molecule has 138 valence electrons. The third kappa shape index (κ3) is 4.85. The number of allylic oxidation sites excluding steroid dienone is 2. The number of hydrogen-bond donors (Lipinski definition) is 1. The van der Waals surface area contributed by atoms with Crippen LogP contribution in [-0.4, -0.2) is 79.6 Å². The summed E-state index contributed by atoms with van der Waals surface area (Å²) in [7, 11) is 1.64. The molecule has 0 aliphatic carbocycles. The second kappa shape index (κ2) is 9.27. The number of methoxy groups -OCH3 is 1. The van der Waals surface area contributed by atoms with E-state index in [1.165, 1.54) is 4.90 Å². The van der Waals surface area contributed by atoms with Gasteiger partial charge in [0, 0.05) is 32.7 Å². The summed E-state index contributed by atoms with van der Waals surface area (Å²) < 4.78 is 5.35. The van der Waals surface area contributed by atoms with Crippen LogP contribution in [0.25, 0.3) is 0 Å². The van der Waals surface area contributed by atoms with Gasteiger partial charge in [-0.1, -0.05) is 13.2 Å². The van der Waals surface area contributed by atoms with Gasteiger partial charge in [-0.15, -0.1) is 0 Å². The zero-order chi connectivity index (χ0) is 18.2. The molecule has 0 atom stereocenters. The van der Waals surface area contributed by atoms with Gasteiger partial charge in [0.25, 0.3) is 0 Å². The molecule has 25 heavy (non-hydrogen) atoms. The largest absolute Gasteiger partial charge is 0.495 e. The molecule has 0 saturated carbocycles. The Bertz CT molecular complexity index is 535. The summed E-state index contributed by atoms with van der Waals surface area (Å²) in [5, 5.41) is 2.54. The Labute approximate surface area is 149 Å². The van der Waals surface area contributed by atoms with Crippen molar-refractivity contribution in [3.8, 4) is 0 Å². The minimum atomic E-state index is -0.265. The summed E-state index contributed by atoms with van der Waals surface area (Å²) in [5.74, 6) is 0.621. The van der Waals surface area contributed by atoms with Crippen molar-refractivity contribution in [1.29, 1.82) is 0 Å². The van der Waals surface area contributed by atoms with E-state index >= 15 is 0 Å². The van der Waals surface area contributed by atoms with E-state index in [1.807, 2.05) is 6.08 Å². The molecule has 0 bridgehead atoms. The molecule has 1 N–H and O–H groups in total. The maximum Gasteiger partial charge on any atom is 0.324 e. The third-order valence-electron chi connectivity index (χ3n) is 4.61. The van der Waals surface area contributed by atoms with Gasteiger partial charge in [0.15, 0.2) is 0 Å². The molecule has 0 aromatic carbocycles. The molecule has 2 aliphatic rings. The van der Waals surface area contributed by atoms with Crippen LogP contribution in [0.15, 0.2) is 36.8 Å². The number of nitrogens with one attached hydrogen (secondary N) is 1. The van der Waals surface area contributed by atoms with Crippen LogP contribution in [-0.2, 0) is 9.53 Å². The Hall–Kier alpha value is -2.28. The summed E-state index contributed by atoms with van der Waals surface area (Å²) in [4.78, 5) is 28.9. The number of carbonyl (C=O) groups excluding carboxylic acids is 2. The van der Waals surface area contributed by atoms with Gasteiger partial charge >= 0.3 is 6.03 Å². The quantitative estimate of drug-likeness (QED) is 0.293. The van der Waals surface area contributed by atoms with Crippen LogP contribution >= 0.6 is 0 Å². The van der Waals surface area contributed by atoms with Crippen molar-refractivity contribution >= 4 is 11.9 Å². The second-order valence-electron chi connectivity index (χ2n) is 6.10. The lowest BCUT2D eigenvalue weighted by Crippen LogP contribution is -2.46. The topological polar surface area (TPSA) is 65.1 Å². The maximum absolute atomic E-state index is 11.5. The number of imide groups is 1. The molecular weight excluding hydrogens is 320 g/mol. The maximum atomic E-state index is 11.5. The summed E-state index contributed by atoms with van der Waals surface area (Å²) in [5.41, 5.74) is 0.982. The smallest absolute Gasteiger partial charge is 0.324 e. The van der Waals surface area contributed by atoms with E-state index in [4.69, 9.17) is 4.74 Å². The van der Waals surface area contributed by atoms with E-state index in [9.17, 15) is 9.59 Å². The lowest BCUT2D eigenvalue weighted by atomic mass is 10.2. The zero-order valence-corrected chi connectivity index (χ0v) is 15.0. The summed E-state index contributed by atoms with van der Waals surface area (Å²) in [6.07, 6.45) is 5.33. The SMILES string of the molecule is C=C/C(OC)=C(\C=C)N1CCN(CCCCN2C(=O)CNC2=O)CC1. The van der Waals surface area contributed by atoms with Gasteiger partial charge in [-0.25, -0.2) is 4.79 Å². The van der Waals surface area contributed by atoms with Gasteiger partial charge < -0.3 is 15.0 Å². The van der Waals surface area contributed by atoms with E-state index < -0.39 is 0 Å². The van der Waals surface area contributed by atoms with Crippen LogP contribution in [0.5, 0.6) is 0 Å². The van der Waals surface area contributed by atoms with E-state index in [2.05, 4.69) is 28.3 Å². The van der Waals surface area contributed by atoms with Gasteiger partial charge in [-0.3, -0.25) is 14.6 Å². The van der Waals surface area contributed by atoms with Crippen LogP contribution in [0.1, 0.15) is 12.8 Å². The Kier molecular flexibility index (Phi) is 7.06. The van der Waals surface area contributed by atoms with Crippen LogP contribution in [0, 0.1) is 0 Å². The van der Waals surface area contributed by atoms with Gasteiger partial charge in [0.05, 0.1) is 19.4 Å². The van der Waals surface area contributed by atoms with Crippen LogP contribution < -0.4 is 5.32 Å². The number of rotatable bonds is 9. The molecule has 0 spiro atoms. The minimum absolute atomic E-state index is 0.126. The molecule has 0 aromatic rings. The normalized spacial score (nSPS) is 19.6.